The highest BCUT2D eigenvalue weighted by molar-refractivity contribution is 7.80. The van der Waals surface area contributed by atoms with Crippen LogP contribution in [0.5, 0.6) is 5.75 Å². The van der Waals surface area contributed by atoms with Gasteiger partial charge in [0.25, 0.3) is 0 Å². The summed E-state index contributed by atoms with van der Waals surface area (Å²) in [6.07, 6.45) is 3.49. The summed E-state index contributed by atoms with van der Waals surface area (Å²) in [6, 6.07) is 24.8. The Balaban J connectivity index is 1.44. The van der Waals surface area contributed by atoms with Crippen molar-refractivity contribution >= 4 is 39.7 Å². The van der Waals surface area contributed by atoms with Crippen molar-refractivity contribution in [3.63, 3.8) is 0 Å². The van der Waals surface area contributed by atoms with E-state index >= 15 is 0 Å². The molecule has 3 heterocycles. The largest absolute Gasteiger partial charge is 0.494 e. The Labute approximate surface area is 208 Å². The first-order valence-electron chi connectivity index (χ1n) is 11.1. The third-order valence-electron chi connectivity index (χ3n) is 5.16. The standard InChI is InChI=1S/C27H22N6OS/c1-2-34-20-12-9-18(10-13-20)30-27(35)31-19-11-14-21-24(17-19)33-26(23-8-4-6-16-29-23)25(32-21)22-7-3-5-15-28-22/h3-17H,2H2,1H3,(H2,30,31,35). The first-order valence-corrected chi connectivity index (χ1v) is 11.6. The molecule has 8 heteroatoms. The van der Waals surface area contributed by atoms with Gasteiger partial charge in [0.2, 0.25) is 0 Å². The Kier molecular flexibility index (Phi) is 6.54. The van der Waals surface area contributed by atoms with E-state index in [1.807, 2.05) is 85.8 Å². The molecule has 0 spiro atoms. The number of rotatable bonds is 6. The highest BCUT2D eigenvalue weighted by atomic mass is 32.1. The van der Waals surface area contributed by atoms with Gasteiger partial charge in [0.15, 0.2) is 5.11 Å². The van der Waals surface area contributed by atoms with Crippen LogP contribution in [0, 0.1) is 0 Å². The lowest BCUT2D eigenvalue weighted by Gasteiger charge is -2.13. The van der Waals surface area contributed by atoms with Gasteiger partial charge < -0.3 is 15.4 Å². The maximum Gasteiger partial charge on any atom is 0.175 e. The second-order valence-corrected chi connectivity index (χ2v) is 8.00. The third-order valence-corrected chi connectivity index (χ3v) is 5.36. The molecule has 0 bridgehead atoms. The smallest absolute Gasteiger partial charge is 0.175 e. The maximum atomic E-state index is 5.50. The summed E-state index contributed by atoms with van der Waals surface area (Å²) >= 11 is 5.50. The normalized spacial score (nSPS) is 10.7. The van der Waals surface area contributed by atoms with Gasteiger partial charge in [-0.3, -0.25) is 9.97 Å². The number of nitrogens with zero attached hydrogens (tertiary/aromatic N) is 4. The van der Waals surface area contributed by atoms with Crippen LogP contribution in [0.3, 0.4) is 0 Å². The highest BCUT2D eigenvalue weighted by Crippen LogP contribution is 2.29. The molecule has 35 heavy (non-hydrogen) atoms. The lowest BCUT2D eigenvalue weighted by molar-refractivity contribution is 0.340. The number of anilines is 2. The van der Waals surface area contributed by atoms with Crippen LogP contribution in [0.4, 0.5) is 11.4 Å². The van der Waals surface area contributed by atoms with Gasteiger partial charge in [-0.05, 0) is 85.9 Å². The SMILES string of the molecule is CCOc1ccc(NC(=S)Nc2ccc3nc(-c4ccccn4)c(-c4ccccn4)nc3c2)cc1. The maximum absolute atomic E-state index is 5.50. The molecule has 0 radical (unpaired) electrons. The quantitative estimate of drug-likeness (QED) is 0.289. The van der Waals surface area contributed by atoms with Gasteiger partial charge in [-0.25, -0.2) is 9.97 Å². The monoisotopic (exact) mass is 478 g/mol. The van der Waals surface area contributed by atoms with Crippen LogP contribution in [-0.4, -0.2) is 31.7 Å². The molecule has 0 aliphatic rings. The predicted octanol–water partition coefficient (Wildman–Crippen LogP) is 5.96. The number of pyridine rings is 2. The zero-order valence-electron chi connectivity index (χ0n) is 19.0. The lowest BCUT2D eigenvalue weighted by atomic mass is 10.1. The second-order valence-electron chi connectivity index (χ2n) is 7.59. The zero-order chi connectivity index (χ0) is 24.0. The van der Waals surface area contributed by atoms with Crippen LogP contribution in [-0.2, 0) is 0 Å². The molecule has 7 nitrogen and oxygen atoms in total. The third kappa shape index (κ3) is 5.23. The van der Waals surface area contributed by atoms with E-state index in [9.17, 15) is 0 Å². The summed E-state index contributed by atoms with van der Waals surface area (Å²) < 4.78 is 5.48. The Bertz CT molecular complexity index is 1460. The molecule has 0 aliphatic carbocycles. The molecule has 0 fully saturated rings. The Morgan fingerprint density at radius 1 is 0.743 bits per heavy atom. The van der Waals surface area contributed by atoms with Crippen molar-refractivity contribution in [2.75, 3.05) is 17.2 Å². The molecule has 5 aromatic rings. The van der Waals surface area contributed by atoms with Crippen LogP contribution in [0.25, 0.3) is 33.8 Å². The van der Waals surface area contributed by atoms with Crippen molar-refractivity contribution in [3.8, 4) is 28.5 Å². The fraction of sp³-hybridized carbons (Fsp3) is 0.0741. The van der Waals surface area contributed by atoms with Crippen molar-refractivity contribution in [1.82, 2.24) is 19.9 Å². The van der Waals surface area contributed by atoms with Crippen LogP contribution >= 0.6 is 12.2 Å². The zero-order valence-corrected chi connectivity index (χ0v) is 19.8. The molecule has 2 aromatic carbocycles. The molecular weight excluding hydrogens is 456 g/mol. The van der Waals surface area contributed by atoms with Gasteiger partial charge in [0, 0.05) is 23.8 Å². The number of thiocarbonyl (C=S) groups is 1. The van der Waals surface area contributed by atoms with E-state index in [4.69, 9.17) is 26.9 Å². The Morgan fingerprint density at radius 2 is 1.34 bits per heavy atom. The fourth-order valence-corrected chi connectivity index (χ4v) is 3.83. The number of hydrogen-bond donors (Lipinski definition) is 2. The molecule has 0 atom stereocenters. The lowest BCUT2D eigenvalue weighted by Crippen LogP contribution is -2.19. The van der Waals surface area contributed by atoms with Gasteiger partial charge in [-0.15, -0.1) is 0 Å². The molecule has 0 amide bonds. The van der Waals surface area contributed by atoms with Crippen LogP contribution in [0.2, 0.25) is 0 Å². The molecule has 5 rings (SSSR count). The first kappa shape index (κ1) is 22.4. The average molecular weight is 479 g/mol. The van der Waals surface area contributed by atoms with E-state index in [0.717, 1.165) is 39.5 Å². The van der Waals surface area contributed by atoms with Gasteiger partial charge >= 0.3 is 0 Å². The number of benzene rings is 2. The number of fused-ring (bicyclic) bond motifs is 1. The minimum atomic E-state index is 0.469. The van der Waals surface area contributed by atoms with Crippen molar-refractivity contribution in [1.29, 1.82) is 0 Å². The minimum Gasteiger partial charge on any atom is -0.494 e. The van der Waals surface area contributed by atoms with Crippen molar-refractivity contribution in [2.24, 2.45) is 0 Å². The molecule has 0 saturated carbocycles. The van der Waals surface area contributed by atoms with Gasteiger partial charge in [-0.1, -0.05) is 12.1 Å². The fourth-order valence-electron chi connectivity index (χ4n) is 3.59. The van der Waals surface area contributed by atoms with Crippen LogP contribution in [0.15, 0.2) is 91.3 Å². The number of aromatic nitrogens is 4. The molecule has 2 N–H and O–H groups in total. The number of ether oxygens (including phenoxy) is 1. The van der Waals surface area contributed by atoms with Crippen LogP contribution < -0.4 is 15.4 Å². The number of nitrogens with one attached hydrogen (secondary N) is 2. The second kappa shape index (κ2) is 10.2. The average Bonchev–Trinajstić information content (AvgIpc) is 2.90. The summed E-state index contributed by atoms with van der Waals surface area (Å²) in [7, 11) is 0. The summed E-state index contributed by atoms with van der Waals surface area (Å²) in [6.45, 7) is 2.58. The highest BCUT2D eigenvalue weighted by Gasteiger charge is 2.15. The topological polar surface area (TPSA) is 84.9 Å². The van der Waals surface area contributed by atoms with E-state index in [1.54, 1.807) is 12.4 Å². The molecule has 0 saturated heterocycles. The van der Waals surface area contributed by atoms with Crippen molar-refractivity contribution < 1.29 is 4.74 Å². The molecule has 0 unspecified atom stereocenters. The van der Waals surface area contributed by atoms with Gasteiger partial charge in [0.1, 0.15) is 17.1 Å². The Morgan fingerprint density at radius 3 is 1.94 bits per heavy atom. The van der Waals surface area contributed by atoms with E-state index in [1.165, 1.54) is 0 Å². The molecule has 172 valence electrons. The van der Waals surface area contributed by atoms with Crippen molar-refractivity contribution in [2.45, 2.75) is 6.92 Å². The van der Waals surface area contributed by atoms with E-state index in [0.29, 0.717) is 23.1 Å². The van der Waals surface area contributed by atoms with Gasteiger partial charge in [0.05, 0.1) is 29.0 Å². The van der Waals surface area contributed by atoms with E-state index < -0.39 is 0 Å². The van der Waals surface area contributed by atoms with E-state index in [-0.39, 0.29) is 0 Å². The molecule has 0 aliphatic heterocycles. The minimum absolute atomic E-state index is 0.469. The Hall–Kier alpha value is -4.43. The predicted molar refractivity (Wildman–Crippen MR) is 143 cm³/mol. The van der Waals surface area contributed by atoms with E-state index in [2.05, 4.69) is 20.6 Å². The summed E-state index contributed by atoms with van der Waals surface area (Å²) in [5, 5.41) is 6.88. The summed E-state index contributed by atoms with van der Waals surface area (Å²) in [5.41, 5.74) is 5.96. The van der Waals surface area contributed by atoms with Gasteiger partial charge in [-0.2, -0.15) is 0 Å². The first-order chi connectivity index (χ1) is 17.2. The number of hydrogen-bond acceptors (Lipinski definition) is 6. The van der Waals surface area contributed by atoms with Crippen molar-refractivity contribution in [3.05, 3.63) is 91.3 Å². The molecule has 3 aromatic heterocycles. The summed E-state index contributed by atoms with van der Waals surface area (Å²) in [4.78, 5) is 18.8. The summed E-state index contributed by atoms with van der Waals surface area (Å²) in [5.74, 6) is 0.818. The molecular formula is C27H22N6OS. The van der Waals surface area contributed by atoms with Crippen LogP contribution in [0.1, 0.15) is 6.92 Å².